The van der Waals surface area contributed by atoms with Crippen LogP contribution in [0.3, 0.4) is 0 Å². The predicted molar refractivity (Wildman–Crippen MR) is 141 cm³/mol. The van der Waals surface area contributed by atoms with E-state index in [1.165, 1.54) is 10.9 Å². The number of benzene rings is 2. The van der Waals surface area contributed by atoms with Crippen LogP contribution in [-0.4, -0.2) is 60.8 Å². The van der Waals surface area contributed by atoms with Crippen LogP contribution >= 0.6 is 0 Å². The molecule has 2 heterocycles. The van der Waals surface area contributed by atoms with E-state index in [-0.39, 0.29) is 0 Å². The summed E-state index contributed by atoms with van der Waals surface area (Å²) >= 11 is 0. The number of rotatable bonds is 9. The molecular weight excluding hydrogens is 426 g/mol. The minimum absolute atomic E-state index is 0.484. The van der Waals surface area contributed by atoms with Gasteiger partial charge in [-0.05, 0) is 39.2 Å². The minimum atomic E-state index is 0.484. The van der Waals surface area contributed by atoms with Crippen LogP contribution in [0.25, 0.3) is 22.2 Å². The van der Waals surface area contributed by atoms with Gasteiger partial charge in [0.15, 0.2) is 0 Å². The van der Waals surface area contributed by atoms with E-state index < -0.39 is 0 Å². The van der Waals surface area contributed by atoms with Crippen LogP contribution in [-0.2, 0) is 6.54 Å². The lowest BCUT2D eigenvalue weighted by Gasteiger charge is -2.24. The maximum atomic E-state index is 6.41. The van der Waals surface area contributed by atoms with Crippen LogP contribution in [0.4, 0.5) is 23.0 Å². The number of hydrogen-bond acceptors (Lipinski definition) is 7. The maximum absolute atomic E-state index is 6.41. The van der Waals surface area contributed by atoms with Gasteiger partial charge in [0.1, 0.15) is 5.75 Å². The van der Waals surface area contributed by atoms with Gasteiger partial charge in [-0.2, -0.15) is 0 Å². The van der Waals surface area contributed by atoms with E-state index >= 15 is 0 Å². The van der Waals surface area contributed by atoms with Crippen LogP contribution in [0.15, 0.2) is 54.9 Å². The summed E-state index contributed by atoms with van der Waals surface area (Å²) in [5.41, 5.74) is 11.8. The van der Waals surface area contributed by atoms with Gasteiger partial charge in [0.2, 0.25) is 5.95 Å². The quantitative estimate of drug-likeness (QED) is 0.358. The lowest BCUT2D eigenvalue weighted by molar-refractivity contribution is 0.413. The number of hydrogen-bond donors (Lipinski definition) is 2. The number of para-hydroxylation sites is 1. The van der Waals surface area contributed by atoms with Crippen LogP contribution in [0.5, 0.6) is 5.75 Å². The molecule has 0 aliphatic heterocycles. The van der Waals surface area contributed by atoms with E-state index in [4.69, 9.17) is 15.5 Å². The fourth-order valence-electron chi connectivity index (χ4n) is 4.06. The SMILES string of the molecule is CCn1cc(-c2ccnc(Nc3cc(N)c(N(C)CCN(C)C)cc3OC)n2)c2ccccc21. The first kappa shape index (κ1) is 23.4. The number of nitrogens with one attached hydrogen (secondary N) is 1. The highest BCUT2D eigenvalue weighted by Crippen LogP contribution is 2.36. The molecule has 0 radical (unpaired) electrons. The Morgan fingerprint density at radius 1 is 1.09 bits per heavy atom. The number of fused-ring (bicyclic) bond motifs is 1. The van der Waals surface area contributed by atoms with Crippen molar-refractivity contribution in [1.82, 2.24) is 19.4 Å². The monoisotopic (exact) mass is 459 g/mol. The standard InChI is InChI=1S/C26H33N7O/c1-6-33-17-19(18-9-7-8-10-23(18)33)21-11-12-28-26(29-21)30-22-15-20(27)24(16-25(22)34-5)32(4)14-13-31(2)3/h7-12,15-17H,6,13-14,27H2,1-5H3,(H,28,29,30). The molecule has 178 valence electrons. The second-order valence-corrected chi connectivity index (χ2v) is 8.57. The van der Waals surface area contributed by atoms with E-state index in [9.17, 15) is 0 Å². The van der Waals surface area contributed by atoms with Crippen molar-refractivity contribution in [2.24, 2.45) is 0 Å². The van der Waals surface area contributed by atoms with E-state index in [0.29, 0.717) is 17.4 Å². The lowest BCUT2D eigenvalue weighted by atomic mass is 10.1. The number of anilines is 4. The summed E-state index contributed by atoms with van der Waals surface area (Å²) in [6.07, 6.45) is 3.91. The number of aryl methyl sites for hydroxylation is 1. The lowest BCUT2D eigenvalue weighted by Crippen LogP contribution is -2.29. The molecule has 0 saturated carbocycles. The molecule has 0 bridgehead atoms. The van der Waals surface area contributed by atoms with Crippen molar-refractivity contribution >= 4 is 33.9 Å². The van der Waals surface area contributed by atoms with Gasteiger partial charge < -0.3 is 30.2 Å². The third-order valence-corrected chi connectivity index (χ3v) is 5.95. The maximum Gasteiger partial charge on any atom is 0.227 e. The van der Waals surface area contributed by atoms with Crippen molar-refractivity contribution in [3.63, 3.8) is 0 Å². The van der Waals surface area contributed by atoms with Crippen molar-refractivity contribution < 1.29 is 4.74 Å². The zero-order valence-electron chi connectivity index (χ0n) is 20.5. The van der Waals surface area contributed by atoms with Gasteiger partial charge >= 0.3 is 0 Å². The molecule has 0 unspecified atom stereocenters. The van der Waals surface area contributed by atoms with Crippen molar-refractivity contribution in [2.75, 3.05) is 57.3 Å². The van der Waals surface area contributed by atoms with E-state index in [2.05, 4.69) is 76.1 Å². The Hall–Kier alpha value is -3.78. The normalized spacial score (nSPS) is 11.2. The summed E-state index contributed by atoms with van der Waals surface area (Å²) in [6.45, 7) is 4.81. The number of ether oxygens (including phenoxy) is 1. The van der Waals surface area contributed by atoms with Crippen LogP contribution in [0.2, 0.25) is 0 Å². The Labute approximate surface area is 201 Å². The van der Waals surface area contributed by atoms with Gasteiger partial charge in [0, 0.05) is 61.6 Å². The van der Waals surface area contributed by atoms with Gasteiger partial charge in [-0.25, -0.2) is 9.97 Å². The first-order valence-electron chi connectivity index (χ1n) is 11.4. The zero-order chi connectivity index (χ0) is 24.2. The molecular formula is C26H33N7O. The number of nitrogen functional groups attached to an aromatic ring is 1. The van der Waals surface area contributed by atoms with Crippen LogP contribution in [0.1, 0.15) is 6.92 Å². The molecule has 0 saturated heterocycles. The van der Waals surface area contributed by atoms with Crippen molar-refractivity contribution in [3.05, 3.63) is 54.9 Å². The summed E-state index contributed by atoms with van der Waals surface area (Å²) in [7, 11) is 7.79. The molecule has 2 aromatic carbocycles. The topological polar surface area (TPSA) is 84.5 Å². The zero-order valence-corrected chi connectivity index (χ0v) is 20.5. The fourth-order valence-corrected chi connectivity index (χ4v) is 4.06. The predicted octanol–water partition coefficient (Wildman–Crippen LogP) is 4.45. The Balaban J connectivity index is 1.64. The molecule has 0 fully saturated rings. The number of nitrogens with two attached hydrogens (primary N) is 1. The van der Waals surface area contributed by atoms with Gasteiger partial charge in [-0.3, -0.25) is 0 Å². The van der Waals surface area contributed by atoms with Gasteiger partial charge in [0.25, 0.3) is 0 Å². The molecule has 2 aromatic heterocycles. The number of likely N-dealkylation sites (N-methyl/N-ethyl adjacent to an activating group) is 2. The molecule has 4 rings (SSSR count). The fraction of sp³-hybridized carbons (Fsp3) is 0.308. The number of methoxy groups -OCH3 is 1. The van der Waals surface area contributed by atoms with Gasteiger partial charge in [-0.15, -0.1) is 0 Å². The molecule has 4 aromatic rings. The largest absolute Gasteiger partial charge is 0.494 e. The van der Waals surface area contributed by atoms with E-state index in [1.807, 2.05) is 25.2 Å². The minimum Gasteiger partial charge on any atom is -0.494 e. The van der Waals surface area contributed by atoms with Gasteiger partial charge in [0.05, 0.1) is 29.9 Å². The van der Waals surface area contributed by atoms with E-state index in [0.717, 1.165) is 42.3 Å². The van der Waals surface area contributed by atoms with Crippen molar-refractivity contribution in [2.45, 2.75) is 13.5 Å². The molecule has 3 N–H and O–H groups in total. The molecule has 0 atom stereocenters. The summed E-state index contributed by atoms with van der Waals surface area (Å²) in [6, 6.07) is 14.1. The highest BCUT2D eigenvalue weighted by Gasteiger charge is 2.15. The highest BCUT2D eigenvalue weighted by atomic mass is 16.5. The first-order valence-corrected chi connectivity index (χ1v) is 11.4. The number of aromatic nitrogens is 3. The summed E-state index contributed by atoms with van der Waals surface area (Å²) in [5.74, 6) is 1.16. The Morgan fingerprint density at radius 3 is 2.62 bits per heavy atom. The average molecular weight is 460 g/mol. The smallest absolute Gasteiger partial charge is 0.227 e. The summed E-state index contributed by atoms with van der Waals surface area (Å²) < 4.78 is 7.90. The average Bonchev–Trinajstić information content (AvgIpc) is 3.22. The Morgan fingerprint density at radius 2 is 1.88 bits per heavy atom. The summed E-state index contributed by atoms with van der Waals surface area (Å²) in [4.78, 5) is 13.5. The van der Waals surface area contributed by atoms with Crippen LogP contribution in [0, 0.1) is 0 Å². The van der Waals surface area contributed by atoms with Crippen molar-refractivity contribution in [3.8, 4) is 17.0 Å². The molecule has 0 aliphatic carbocycles. The summed E-state index contributed by atoms with van der Waals surface area (Å²) in [5, 5.41) is 4.47. The highest BCUT2D eigenvalue weighted by molar-refractivity contribution is 5.95. The molecule has 0 aliphatic rings. The molecule has 8 heteroatoms. The first-order chi connectivity index (χ1) is 16.4. The molecule has 8 nitrogen and oxygen atoms in total. The van der Waals surface area contributed by atoms with Crippen LogP contribution < -0.4 is 20.7 Å². The third kappa shape index (κ3) is 4.77. The Kier molecular flexibility index (Phi) is 6.88. The Bertz CT molecular complexity index is 1280. The molecule has 34 heavy (non-hydrogen) atoms. The number of nitrogens with zero attached hydrogens (tertiary/aromatic N) is 5. The second-order valence-electron chi connectivity index (χ2n) is 8.57. The third-order valence-electron chi connectivity index (χ3n) is 5.95. The molecule has 0 spiro atoms. The second kappa shape index (κ2) is 10.0. The van der Waals surface area contributed by atoms with Gasteiger partial charge in [-0.1, -0.05) is 18.2 Å². The van der Waals surface area contributed by atoms with Crippen molar-refractivity contribution in [1.29, 1.82) is 0 Å². The molecule has 0 amide bonds. The van der Waals surface area contributed by atoms with E-state index in [1.54, 1.807) is 13.3 Å².